The maximum absolute atomic E-state index is 6.12. The van der Waals surface area contributed by atoms with Crippen LogP contribution in [0.5, 0.6) is 0 Å². The second kappa shape index (κ2) is 5.40. The summed E-state index contributed by atoms with van der Waals surface area (Å²) in [6.45, 7) is 2.10. The summed E-state index contributed by atoms with van der Waals surface area (Å²) in [5.74, 6) is 1.22. The monoisotopic (exact) mass is 363 g/mol. The van der Waals surface area contributed by atoms with Gasteiger partial charge in [-0.25, -0.2) is 4.98 Å². The van der Waals surface area contributed by atoms with Crippen LogP contribution in [0.3, 0.4) is 0 Å². The lowest BCUT2D eigenvalue weighted by Crippen LogP contribution is -1.90. The molecule has 25 heavy (non-hydrogen) atoms. The molecule has 0 saturated heterocycles. The molecule has 0 unspecified atom stereocenters. The fourth-order valence-corrected chi connectivity index (χ4v) is 4.68. The molecule has 0 spiro atoms. The van der Waals surface area contributed by atoms with Crippen LogP contribution in [0.2, 0.25) is 0 Å². The minimum Gasteiger partial charge on any atom is -0.452 e. The molecule has 0 aromatic carbocycles. The Morgan fingerprint density at radius 1 is 1.04 bits per heavy atom. The topological polar surface area (TPSA) is 64.9 Å². The quantitative estimate of drug-likeness (QED) is 0.435. The van der Waals surface area contributed by atoms with Gasteiger partial charge in [-0.2, -0.15) is 0 Å². The first-order valence-corrected chi connectivity index (χ1v) is 9.52. The lowest BCUT2D eigenvalue weighted by molar-refractivity contribution is 0.632. The van der Waals surface area contributed by atoms with Crippen molar-refractivity contribution in [1.29, 1.82) is 0 Å². The zero-order valence-electron chi connectivity index (χ0n) is 13.3. The number of nitrogens with zero attached hydrogens (tertiary/aromatic N) is 2. The van der Waals surface area contributed by atoms with Crippen molar-refractivity contribution in [3.05, 3.63) is 52.4 Å². The van der Waals surface area contributed by atoms with Gasteiger partial charge in [-0.05, 0) is 36.1 Å². The predicted octanol–water partition coefficient (Wildman–Crippen LogP) is 5.72. The summed E-state index contributed by atoms with van der Waals surface area (Å²) in [6, 6.07) is 6.24. The Kier molecular flexibility index (Phi) is 3.16. The highest BCUT2D eigenvalue weighted by molar-refractivity contribution is 7.17. The van der Waals surface area contributed by atoms with Gasteiger partial charge in [0.1, 0.15) is 5.76 Å². The smallest absolute Gasteiger partial charge is 0.177 e. The molecule has 0 aliphatic heterocycles. The van der Waals surface area contributed by atoms with E-state index < -0.39 is 0 Å². The van der Waals surface area contributed by atoms with E-state index in [2.05, 4.69) is 39.8 Å². The van der Waals surface area contributed by atoms with Crippen LogP contribution in [0.1, 0.15) is 4.88 Å². The van der Waals surface area contributed by atoms with Crippen molar-refractivity contribution in [1.82, 2.24) is 9.97 Å². The van der Waals surface area contributed by atoms with E-state index in [-0.39, 0.29) is 0 Å². The second-order valence-corrected chi connectivity index (χ2v) is 7.90. The second-order valence-electron chi connectivity index (χ2n) is 5.88. The number of aryl methyl sites for hydroxylation is 1. The summed E-state index contributed by atoms with van der Waals surface area (Å²) in [5, 5.41) is 6.37. The summed E-state index contributed by atoms with van der Waals surface area (Å²) < 4.78 is 7.26. The Morgan fingerprint density at radius 2 is 1.96 bits per heavy atom. The van der Waals surface area contributed by atoms with Gasteiger partial charge in [0.15, 0.2) is 11.4 Å². The van der Waals surface area contributed by atoms with Crippen molar-refractivity contribution < 1.29 is 4.42 Å². The molecule has 0 amide bonds. The average Bonchev–Trinajstić information content (AvgIpc) is 3.32. The highest BCUT2D eigenvalue weighted by Gasteiger charge is 2.17. The number of anilines is 1. The molecule has 5 aromatic rings. The maximum atomic E-state index is 6.12. The molecular formula is C19H13N3OS2. The largest absolute Gasteiger partial charge is 0.452 e. The van der Waals surface area contributed by atoms with Gasteiger partial charge in [-0.15, -0.1) is 22.7 Å². The molecule has 0 radical (unpaired) electrons. The zero-order valence-corrected chi connectivity index (χ0v) is 14.9. The fourth-order valence-electron chi connectivity index (χ4n) is 3.06. The molecule has 122 valence electrons. The number of pyridine rings is 2. The number of furan rings is 1. The van der Waals surface area contributed by atoms with Gasteiger partial charge in [-0.3, -0.25) is 4.98 Å². The maximum Gasteiger partial charge on any atom is 0.177 e. The van der Waals surface area contributed by atoms with Crippen molar-refractivity contribution in [2.45, 2.75) is 6.92 Å². The number of hydrogen-bond acceptors (Lipinski definition) is 6. The molecule has 0 saturated carbocycles. The average molecular weight is 363 g/mol. The van der Waals surface area contributed by atoms with Gasteiger partial charge in [-0.1, -0.05) is 0 Å². The van der Waals surface area contributed by atoms with Gasteiger partial charge < -0.3 is 10.2 Å². The van der Waals surface area contributed by atoms with E-state index in [9.17, 15) is 0 Å². The van der Waals surface area contributed by atoms with Gasteiger partial charge in [0.25, 0.3) is 0 Å². The van der Waals surface area contributed by atoms with Crippen molar-refractivity contribution in [3.8, 4) is 22.5 Å². The number of fused-ring (bicyclic) bond motifs is 2. The molecule has 0 aliphatic rings. The Hall–Kier alpha value is -2.70. The molecule has 0 fully saturated rings. The third-order valence-corrected chi connectivity index (χ3v) is 6.07. The summed E-state index contributed by atoms with van der Waals surface area (Å²) in [7, 11) is 0. The lowest BCUT2D eigenvalue weighted by atomic mass is 10.1. The van der Waals surface area contributed by atoms with Crippen LogP contribution in [-0.2, 0) is 0 Å². The van der Waals surface area contributed by atoms with Gasteiger partial charge in [0.2, 0.25) is 0 Å². The predicted molar refractivity (Wildman–Crippen MR) is 105 cm³/mol. The van der Waals surface area contributed by atoms with E-state index in [0.29, 0.717) is 11.4 Å². The summed E-state index contributed by atoms with van der Waals surface area (Å²) in [6.07, 6.45) is 5.51. The van der Waals surface area contributed by atoms with Crippen LogP contribution in [0.25, 0.3) is 43.5 Å². The van der Waals surface area contributed by atoms with Crippen LogP contribution in [0.15, 0.2) is 52.0 Å². The van der Waals surface area contributed by atoms with Gasteiger partial charge >= 0.3 is 0 Å². The first-order chi connectivity index (χ1) is 12.2. The first-order valence-electron chi connectivity index (χ1n) is 7.76. The van der Waals surface area contributed by atoms with E-state index in [1.807, 2.05) is 18.5 Å². The molecule has 5 heterocycles. The number of nitrogen functional groups attached to an aromatic ring is 1. The minimum absolute atomic E-state index is 0.415. The normalized spacial score (nSPS) is 11.6. The van der Waals surface area contributed by atoms with E-state index in [4.69, 9.17) is 10.2 Å². The number of thiophene rings is 2. The van der Waals surface area contributed by atoms with Crippen molar-refractivity contribution in [2.75, 3.05) is 5.73 Å². The third kappa shape index (κ3) is 2.26. The van der Waals surface area contributed by atoms with Crippen molar-refractivity contribution >= 4 is 49.5 Å². The number of nitrogens with two attached hydrogens (primary N) is 1. The Labute approximate surface area is 151 Å². The van der Waals surface area contributed by atoms with E-state index in [1.54, 1.807) is 28.9 Å². The molecule has 0 aliphatic carbocycles. The van der Waals surface area contributed by atoms with Crippen molar-refractivity contribution in [2.24, 2.45) is 0 Å². The zero-order chi connectivity index (χ0) is 17.0. The highest BCUT2D eigenvalue weighted by Crippen LogP contribution is 2.40. The van der Waals surface area contributed by atoms with Crippen LogP contribution < -0.4 is 5.73 Å². The highest BCUT2D eigenvalue weighted by atomic mass is 32.1. The SMILES string of the molecule is Cc1cc(-c2cnc(N)c3oc(-c4csc5cnccc45)cc23)cs1. The summed E-state index contributed by atoms with van der Waals surface area (Å²) in [5.41, 5.74) is 9.97. The Bertz CT molecular complexity index is 1230. The molecule has 2 N–H and O–H groups in total. The summed E-state index contributed by atoms with van der Waals surface area (Å²) in [4.78, 5) is 9.78. The summed E-state index contributed by atoms with van der Waals surface area (Å²) >= 11 is 3.38. The molecule has 0 bridgehead atoms. The lowest BCUT2D eigenvalue weighted by Gasteiger charge is -2.00. The molecule has 4 nitrogen and oxygen atoms in total. The van der Waals surface area contributed by atoms with Crippen LogP contribution >= 0.6 is 22.7 Å². The standard InChI is InChI=1S/C19H13N3OS2/c1-10-4-11(8-24-10)14-6-22-19(20)18-13(14)5-16(23-18)15-9-25-17-7-21-3-2-12(15)17/h2-9H,1H3,(H2,20,22). The van der Waals surface area contributed by atoms with Crippen LogP contribution in [0.4, 0.5) is 5.82 Å². The van der Waals surface area contributed by atoms with E-state index in [1.165, 1.54) is 4.88 Å². The van der Waals surface area contributed by atoms with Crippen LogP contribution in [0, 0.1) is 6.92 Å². The molecular weight excluding hydrogens is 350 g/mol. The minimum atomic E-state index is 0.415. The van der Waals surface area contributed by atoms with E-state index >= 15 is 0 Å². The third-order valence-electron chi connectivity index (χ3n) is 4.27. The molecule has 5 aromatic heterocycles. The fraction of sp³-hybridized carbons (Fsp3) is 0.0526. The molecule has 5 rings (SSSR count). The van der Waals surface area contributed by atoms with Gasteiger partial charge in [0.05, 0.1) is 4.70 Å². The molecule has 0 atom stereocenters. The van der Waals surface area contributed by atoms with Gasteiger partial charge in [0, 0.05) is 50.7 Å². The number of rotatable bonds is 2. The Balaban J connectivity index is 1.78. The first kappa shape index (κ1) is 14.6. The van der Waals surface area contributed by atoms with Crippen LogP contribution in [-0.4, -0.2) is 9.97 Å². The molecule has 6 heteroatoms. The number of aromatic nitrogens is 2. The Morgan fingerprint density at radius 3 is 2.80 bits per heavy atom. The number of hydrogen-bond donors (Lipinski definition) is 1. The van der Waals surface area contributed by atoms with E-state index in [0.717, 1.165) is 37.9 Å². The van der Waals surface area contributed by atoms with Crippen molar-refractivity contribution in [3.63, 3.8) is 0 Å².